The van der Waals surface area contributed by atoms with Crippen LogP contribution in [0, 0.1) is 11.3 Å². The molecule has 3 rings (SSSR count). The molecule has 0 spiro atoms. The molecule has 3 aromatic rings. The van der Waals surface area contributed by atoms with Crippen LogP contribution in [-0.2, 0) is 4.79 Å². The van der Waals surface area contributed by atoms with Crippen LogP contribution >= 0.6 is 11.8 Å². The number of amides is 1. The summed E-state index contributed by atoms with van der Waals surface area (Å²) in [6.45, 7) is 3.41. The Labute approximate surface area is 161 Å². The lowest BCUT2D eigenvalue weighted by Crippen LogP contribution is -2.44. The maximum atomic E-state index is 12.5. The zero-order valence-electron chi connectivity index (χ0n) is 15.3. The summed E-state index contributed by atoms with van der Waals surface area (Å²) in [5.74, 6) is 1.14. The third kappa shape index (κ3) is 3.88. The highest BCUT2D eigenvalue weighted by atomic mass is 32.2. The summed E-state index contributed by atoms with van der Waals surface area (Å²) in [7, 11) is 1.63. The van der Waals surface area contributed by atoms with E-state index in [1.165, 1.54) is 16.7 Å². The van der Waals surface area contributed by atoms with Crippen LogP contribution in [0.4, 0.5) is 0 Å². The molecule has 0 saturated carbocycles. The van der Waals surface area contributed by atoms with Crippen molar-refractivity contribution in [1.29, 1.82) is 5.26 Å². The number of benzene rings is 1. The fraction of sp³-hybridized carbons (Fsp3) is 0.263. The summed E-state index contributed by atoms with van der Waals surface area (Å²) in [5.41, 5.74) is -0.000996. The number of carbonyl (C=O) groups excluding carboxylic acids is 1. The summed E-state index contributed by atoms with van der Waals surface area (Å²) in [6, 6.07) is 15.4. The van der Waals surface area contributed by atoms with Crippen LogP contribution in [-0.4, -0.2) is 43.9 Å². The first-order valence-electron chi connectivity index (χ1n) is 8.29. The molecule has 0 saturated heterocycles. The number of rotatable bonds is 6. The van der Waals surface area contributed by atoms with Gasteiger partial charge in [0.25, 0.3) is 0 Å². The van der Waals surface area contributed by atoms with E-state index in [9.17, 15) is 10.1 Å². The first-order valence-corrected chi connectivity index (χ1v) is 9.28. The third-order valence-corrected chi connectivity index (χ3v) is 5.11. The van der Waals surface area contributed by atoms with Gasteiger partial charge in [0, 0.05) is 12.7 Å². The van der Waals surface area contributed by atoms with Crippen molar-refractivity contribution in [2.24, 2.45) is 0 Å². The molecule has 138 valence electrons. The van der Waals surface area contributed by atoms with E-state index in [1.807, 2.05) is 41.0 Å². The number of thioether (sulfide) groups is 1. The molecule has 0 aliphatic heterocycles. The maximum Gasteiger partial charge on any atom is 0.234 e. The van der Waals surface area contributed by atoms with Crippen LogP contribution in [0.2, 0.25) is 0 Å². The SMILES string of the molecule is CN(C(=O)CSc1nnc(-c2ccco2)n1-c1ccccc1)C(C)(C)C#N. The van der Waals surface area contributed by atoms with Gasteiger partial charge in [0.2, 0.25) is 11.7 Å². The number of furan rings is 1. The van der Waals surface area contributed by atoms with Crippen molar-refractivity contribution in [2.75, 3.05) is 12.8 Å². The van der Waals surface area contributed by atoms with Gasteiger partial charge in [0.15, 0.2) is 10.9 Å². The van der Waals surface area contributed by atoms with Crippen LogP contribution < -0.4 is 0 Å². The zero-order valence-corrected chi connectivity index (χ0v) is 16.1. The molecule has 27 heavy (non-hydrogen) atoms. The molecule has 8 heteroatoms. The Balaban J connectivity index is 1.89. The van der Waals surface area contributed by atoms with E-state index in [2.05, 4.69) is 16.3 Å². The summed E-state index contributed by atoms with van der Waals surface area (Å²) in [4.78, 5) is 13.9. The van der Waals surface area contributed by atoms with E-state index in [0.29, 0.717) is 16.7 Å². The van der Waals surface area contributed by atoms with Crippen LogP contribution in [0.5, 0.6) is 0 Å². The lowest BCUT2D eigenvalue weighted by Gasteiger charge is -2.28. The topological polar surface area (TPSA) is 87.9 Å². The van der Waals surface area contributed by atoms with Gasteiger partial charge < -0.3 is 9.32 Å². The van der Waals surface area contributed by atoms with Gasteiger partial charge in [-0.25, -0.2) is 0 Å². The van der Waals surface area contributed by atoms with Crippen molar-refractivity contribution < 1.29 is 9.21 Å². The number of nitriles is 1. The van der Waals surface area contributed by atoms with Gasteiger partial charge in [-0.3, -0.25) is 9.36 Å². The monoisotopic (exact) mass is 381 g/mol. The van der Waals surface area contributed by atoms with Crippen molar-refractivity contribution in [1.82, 2.24) is 19.7 Å². The molecule has 0 bridgehead atoms. The van der Waals surface area contributed by atoms with E-state index in [4.69, 9.17) is 4.42 Å². The van der Waals surface area contributed by atoms with Gasteiger partial charge in [0.05, 0.1) is 18.1 Å². The first kappa shape index (κ1) is 18.7. The summed E-state index contributed by atoms with van der Waals surface area (Å²) in [5, 5.41) is 18.3. The van der Waals surface area contributed by atoms with E-state index < -0.39 is 5.54 Å². The average molecular weight is 381 g/mol. The predicted molar refractivity (Wildman–Crippen MR) is 102 cm³/mol. The minimum atomic E-state index is -0.871. The molecule has 0 aliphatic carbocycles. The molecular weight excluding hydrogens is 362 g/mol. The molecule has 0 aliphatic rings. The van der Waals surface area contributed by atoms with Crippen LogP contribution in [0.1, 0.15) is 13.8 Å². The number of nitrogens with zero attached hydrogens (tertiary/aromatic N) is 5. The second-order valence-corrected chi connectivity index (χ2v) is 7.31. The highest BCUT2D eigenvalue weighted by Gasteiger charge is 2.28. The molecule has 1 aromatic carbocycles. The van der Waals surface area contributed by atoms with Gasteiger partial charge in [0.1, 0.15) is 5.54 Å². The van der Waals surface area contributed by atoms with Crippen LogP contribution in [0.25, 0.3) is 17.3 Å². The third-order valence-electron chi connectivity index (χ3n) is 4.20. The molecular formula is C19H19N5O2S. The molecule has 1 amide bonds. The zero-order chi connectivity index (χ0) is 19.4. The van der Waals surface area contributed by atoms with Gasteiger partial charge >= 0.3 is 0 Å². The normalized spacial score (nSPS) is 11.2. The number of hydrogen-bond donors (Lipinski definition) is 0. The number of hydrogen-bond acceptors (Lipinski definition) is 6. The smallest absolute Gasteiger partial charge is 0.234 e. The van der Waals surface area contributed by atoms with Gasteiger partial charge in [-0.15, -0.1) is 10.2 Å². The second-order valence-electron chi connectivity index (χ2n) is 6.37. The van der Waals surface area contributed by atoms with E-state index in [1.54, 1.807) is 33.2 Å². The van der Waals surface area contributed by atoms with Crippen LogP contribution in [0.3, 0.4) is 0 Å². The maximum absolute atomic E-state index is 12.5. The molecule has 0 fully saturated rings. The van der Waals surface area contributed by atoms with Crippen molar-refractivity contribution in [3.8, 4) is 23.3 Å². The summed E-state index contributed by atoms with van der Waals surface area (Å²) in [6.07, 6.45) is 1.58. The summed E-state index contributed by atoms with van der Waals surface area (Å²) >= 11 is 1.27. The predicted octanol–water partition coefficient (Wildman–Crippen LogP) is 3.38. The Hall–Kier alpha value is -3.05. The van der Waals surface area contributed by atoms with Crippen molar-refractivity contribution in [3.63, 3.8) is 0 Å². The highest BCUT2D eigenvalue weighted by molar-refractivity contribution is 7.99. The Bertz CT molecular complexity index is 958. The van der Waals surface area contributed by atoms with E-state index in [-0.39, 0.29) is 11.7 Å². The molecule has 2 aromatic heterocycles. The standard InChI is InChI=1S/C19H19N5O2S/c1-19(2,13-20)23(3)16(25)12-27-18-22-21-17(15-10-7-11-26-15)24(18)14-8-5-4-6-9-14/h4-11H,12H2,1-3H3. The largest absolute Gasteiger partial charge is 0.461 e. The minimum absolute atomic E-state index is 0.144. The molecule has 2 heterocycles. The number of para-hydroxylation sites is 1. The number of carbonyl (C=O) groups is 1. The Kier molecular flexibility index (Phi) is 5.33. The average Bonchev–Trinajstić information content (AvgIpc) is 3.35. The summed E-state index contributed by atoms with van der Waals surface area (Å²) < 4.78 is 7.33. The van der Waals surface area contributed by atoms with Crippen molar-refractivity contribution >= 4 is 17.7 Å². The fourth-order valence-electron chi connectivity index (χ4n) is 2.35. The highest BCUT2D eigenvalue weighted by Crippen LogP contribution is 2.28. The van der Waals surface area contributed by atoms with Crippen LogP contribution in [0.15, 0.2) is 58.3 Å². The van der Waals surface area contributed by atoms with Gasteiger partial charge in [-0.2, -0.15) is 5.26 Å². The molecule has 0 atom stereocenters. The Morgan fingerprint density at radius 3 is 2.63 bits per heavy atom. The minimum Gasteiger partial charge on any atom is -0.461 e. The van der Waals surface area contributed by atoms with E-state index >= 15 is 0 Å². The lowest BCUT2D eigenvalue weighted by molar-refractivity contribution is -0.130. The Morgan fingerprint density at radius 1 is 1.26 bits per heavy atom. The Morgan fingerprint density at radius 2 is 2.00 bits per heavy atom. The molecule has 0 unspecified atom stereocenters. The van der Waals surface area contributed by atoms with Crippen molar-refractivity contribution in [2.45, 2.75) is 24.5 Å². The number of aromatic nitrogens is 3. The lowest BCUT2D eigenvalue weighted by atomic mass is 10.1. The molecule has 0 radical (unpaired) electrons. The van der Waals surface area contributed by atoms with Crippen molar-refractivity contribution in [3.05, 3.63) is 48.7 Å². The van der Waals surface area contributed by atoms with Gasteiger partial charge in [-0.1, -0.05) is 30.0 Å². The molecule has 0 N–H and O–H groups in total. The molecule has 7 nitrogen and oxygen atoms in total. The fourth-order valence-corrected chi connectivity index (χ4v) is 3.21. The quantitative estimate of drug-likeness (QED) is 0.608. The van der Waals surface area contributed by atoms with Gasteiger partial charge in [-0.05, 0) is 38.1 Å². The first-order chi connectivity index (χ1) is 12.9. The van der Waals surface area contributed by atoms with E-state index in [0.717, 1.165) is 5.69 Å². The second kappa shape index (κ2) is 7.68.